The normalized spacial score (nSPS) is 11.2. The number of carbonyl (C=O) groups excluding carboxylic acids is 2. The third-order valence-electron chi connectivity index (χ3n) is 3.38. The van der Waals surface area contributed by atoms with Crippen molar-refractivity contribution in [3.63, 3.8) is 0 Å². The highest BCUT2D eigenvalue weighted by molar-refractivity contribution is 6.07. The summed E-state index contributed by atoms with van der Waals surface area (Å²) in [5, 5.41) is 19.6. The van der Waals surface area contributed by atoms with Crippen LogP contribution in [0.2, 0.25) is 0 Å². The molecule has 8 heteroatoms. The number of aromatic hydroxyl groups is 2. The minimum absolute atomic E-state index is 0.0690. The van der Waals surface area contributed by atoms with E-state index in [2.05, 4.69) is 14.1 Å². The van der Waals surface area contributed by atoms with Gasteiger partial charge in [-0.15, -0.1) is 0 Å². The molecule has 0 unspecified atom stereocenters. The van der Waals surface area contributed by atoms with Crippen LogP contribution in [0.25, 0.3) is 0 Å². The van der Waals surface area contributed by atoms with Gasteiger partial charge in [-0.3, -0.25) is 9.79 Å². The van der Waals surface area contributed by atoms with E-state index in [0.29, 0.717) is 11.3 Å². The number of Topliss-reactive ketones (excluding diaryl/α,β-unsaturated/α-hetero) is 1. The number of benzene rings is 1. The molecular weight excluding hydrogens is 330 g/mol. The standard InChI is InChI=1S/C17H15NO7/c1-8(18-11-6-4-10(5-7-11)15(21)24-3)12-14(20)13(9(2)19)17(23)25-16(12)22/h4-7,20,23H,1-3H3. The highest BCUT2D eigenvalue weighted by Crippen LogP contribution is 2.29. The third-order valence-corrected chi connectivity index (χ3v) is 3.38. The number of hydrogen-bond acceptors (Lipinski definition) is 8. The first-order chi connectivity index (χ1) is 11.8. The van der Waals surface area contributed by atoms with E-state index in [4.69, 9.17) is 0 Å². The number of ketones is 1. The summed E-state index contributed by atoms with van der Waals surface area (Å²) >= 11 is 0. The van der Waals surface area contributed by atoms with Gasteiger partial charge < -0.3 is 19.4 Å². The number of methoxy groups -OCH3 is 1. The zero-order chi connectivity index (χ0) is 18.7. The molecule has 0 amide bonds. The molecule has 0 spiro atoms. The fourth-order valence-electron chi connectivity index (χ4n) is 2.19. The molecule has 0 saturated heterocycles. The lowest BCUT2D eigenvalue weighted by Gasteiger charge is -2.07. The number of ether oxygens (including phenoxy) is 1. The van der Waals surface area contributed by atoms with Crippen molar-refractivity contribution in [3.8, 4) is 11.7 Å². The van der Waals surface area contributed by atoms with Gasteiger partial charge in [0.05, 0.1) is 24.1 Å². The Bertz CT molecular complexity index is 923. The third kappa shape index (κ3) is 3.57. The highest BCUT2D eigenvalue weighted by atomic mass is 16.5. The lowest BCUT2D eigenvalue weighted by atomic mass is 10.1. The van der Waals surface area contributed by atoms with Crippen LogP contribution < -0.4 is 5.63 Å². The molecular formula is C17H15NO7. The Morgan fingerprint density at radius 1 is 1.08 bits per heavy atom. The molecule has 8 nitrogen and oxygen atoms in total. The molecule has 0 bridgehead atoms. The van der Waals surface area contributed by atoms with Crippen LogP contribution in [0.15, 0.2) is 38.5 Å². The second kappa shape index (κ2) is 7.00. The lowest BCUT2D eigenvalue weighted by molar-refractivity contribution is 0.0600. The first-order valence-corrected chi connectivity index (χ1v) is 7.10. The number of nitrogens with zero attached hydrogens (tertiary/aromatic N) is 1. The molecule has 1 aromatic heterocycles. The van der Waals surface area contributed by atoms with E-state index in [0.717, 1.165) is 6.92 Å². The fourth-order valence-corrected chi connectivity index (χ4v) is 2.19. The number of aliphatic imine (C=N–C) groups is 1. The summed E-state index contributed by atoms with van der Waals surface area (Å²) in [4.78, 5) is 39.0. The van der Waals surface area contributed by atoms with E-state index in [1.165, 1.54) is 38.3 Å². The van der Waals surface area contributed by atoms with Gasteiger partial charge in [0.2, 0.25) is 0 Å². The van der Waals surface area contributed by atoms with Crippen molar-refractivity contribution in [2.45, 2.75) is 13.8 Å². The van der Waals surface area contributed by atoms with Crippen molar-refractivity contribution in [2.24, 2.45) is 4.99 Å². The molecule has 25 heavy (non-hydrogen) atoms. The first-order valence-electron chi connectivity index (χ1n) is 7.10. The molecule has 0 aliphatic carbocycles. The summed E-state index contributed by atoms with van der Waals surface area (Å²) in [5.74, 6) is -2.83. The summed E-state index contributed by atoms with van der Waals surface area (Å²) in [6.45, 7) is 2.54. The van der Waals surface area contributed by atoms with Crippen LogP contribution in [0.3, 0.4) is 0 Å². The molecule has 0 aliphatic rings. The molecule has 0 radical (unpaired) electrons. The Morgan fingerprint density at radius 3 is 2.20 bits per heavy atom. The zero-order valence-electron chi connectivity index (χ0n) is 13.7. The van der Waals surface area contributed by atoms with Crippen molar-refractivity contribution >= 4 is 23.2 Å². The topological polar surface area (TPSA) is 126 Å². The molecule has 2 rings (SSSR count). The summed E-state index contributed by atoms with van der Waals surface area (Å²) in [6.07, 6.45) is 0. The molecule has 1 heterocycles. The molecule has 130 valence electrons. The second-order valence-electron chi connectivity index (χ2n) is 5.09. The summed E-state index contributed by atoms with van der Waals surface area (Å²) < 4.78 is 9.17. The van der Waals surface area contributed by atoms with Gasteiger partial charge in [0.1, 0.15) is 16.9 Å². The number of rotatable bonds is 4. The van der Waals surface area contributed by atoms with Crippen LogP contribution in [0, 0.1) is 0 Å². The highest BCUT2D eigenvalue weighted by Gasteiger charge is 2.23. The van der Waals surface area contributed by atoms with Crippen LogP contribution in [0.5, 0.6) is 11.7 Å². The van der Waals surface area contributed by atoms with Crippen LogP contribution in [0.4, 0.5) is 5.69 Å². The maximum atomic E-state index is 11.9. The van der Waals surface area contributed by atoms with E-state index in [9.17, 15) is 24.6 Å². The average molecular weight is 345 g/mol. The van der Waals surface area contributed by atoms with Gasteiger partial charge in [-0.2, -0.15) is 0 Å². The maximum absolute atomic E-state index is 11.9. The Labute approximate surface area is 142 Å². The summed E-state index contributed by atoms with van der Waals surface area (Å²) in [6, 6.07) is 6.00. The van der Waals surface area contributed by atoms with E-state index in [1.807, 2.05) is 0 Å². The fraction of sp³-hybridized carbons (Fsp3) is 0.176. The molecule has 0 atom stereocenters. The van der Waals surface area contributed by atoms with Gasteiger partial charge in [0.15, 0.2) is 5.78 Å². The predicted molar refractivity (Wildman–Crippen MR) is 88.0 cm³/mol. The first kappa shape index (κ1) is 17.9. The number of esters is 1. The van der Waals surface area contributed by atoms with Crippen molar-refractivity contribution in [1.82, 2.24) is 0 Å². The minimum Gasteiger partial charge on any atom is -0.506 e. The summed E-state index contributed by atoms with van der Waals surface area (Å²) in [5.41, 5.74) is -1.08. The Kier molecular flexibility index (Phi) is 5.02. The van der Waals surface area contributed by atoms with Gasteiger partial charge in [0.25, 0.3) is 5.95 Å². The summed E-state index contributed by atoms with van der Waals surface area (Å²) in [7, 11) is 1.26. The number of carbonyl (C=O) groups is 2. The Morgan fingerprint density at radius 2 is 1.68 bits per heavy atom. The van der Waals surface area contributed by atoms with E-state index in [-0.39, 0.29) is 11.3 Å². The molecule has 0 saturated carbocycles. The van der Waals surface area contributed by atoms with Crippen LogP contribution >= 0.6 is 0 Å². The molecule has 0 fully saturated rings. The Hall–Kier alpha value is -3.42. The van der Waals surface area contributed by atoms with Crippen LogP contribution in [-0.4, -0.2) is 34.8 Å². The predicted octanol–water partition coefficient (Wildman–Crippen LogP) is 2.18. The van der Waals surface area contributed by atoms with Crippen LogP contribution in [0.1, 0.15) is 40.1 Å². The monoisotopic (exact) mass is 345 g/mol. The molecule has 1 aromatic carbocycles. The quantitative estimate of drug-likeness (QED) is 0.494. The van der Waals surface area contributed by atoms with Crippen molar-refractivity contribution < 1.29 is 29.0 Å². The lowest BCUT2D eigenvalue weighted by Crippen LogP contribution is -2.15. The van der Waals surface area contributed by atoms with Gasteiger partial charge in [-0.05, 0) is 38.1 Å². The molecule has 2 N–H and O–H groups in total. The smallest absolute Gasteiger partial charge is 0.351 e. The average Bonchev–Trinajstić information content (AvgIpc) is 2.53. The SMILES string of the molecule is COC(=O)c1ccc(N=C(C)c2c(O)c(C(C)=O)c(O)oc2=O)cc1. The largest absolute Gasteiger partial charge is 0.506 e. The van der Waals surface area contributed by atoms with Gasteiger partial charge in [-0.1, -0.05) is 0 Å². The van der Waals surface area contributed by atoms with Crippen molar-refractivity contribution in [1.29, 1.82) is 0 Å². The van der Waals surface area contributed by atoms with E-state index < -0.39 is 34.6 Å². The van der Waals surface area contributed by atoms with Crippen LogP contribution in [-0.2, 0) is 4.74 Å². The number of hydrogen-bond donors (Lipinski definition) is 2. The van der Waals surface area contributed by atoms with E-state index in [1.54, 1.807) is 0 Å². The van der Waals surface area contributed by atoms with Gasteiger partial charge >= 0.3 is 11.6 Å². The zero-order valence-corrected chi connectivity index (χ0v) is 13.7. The minimum atomic E-state index is -1.03. The van der Waals surface area contributed by atoms with E-state index >= 15 is 0 Å². The maximum Gasteiger partial charge on any atom is 0.351 e. The molecule has 2 aromatic rings. The van der Waals surface area contributed by atoms with Gasteiger partial charge in [0, 0.05) is 0 Å². The molecule has 0 aliphatic heterocycles. The second-order valence-corrected chi connectivity index (χ2v) is 5.09. The van der Waals surface area contributed by atoms with Gasteiger partial charge in [-0.25, -0.2) is 9.59 Å². The Balaban J connectivity index is 2.50. The van der Waals surface area contributed by atoms with Crippen molar-refractivity contribution in [3.05, 3.63) is 51.4 Å². The van der Waals surface area contributed by atoms with Crippen molar-refractivity contribution in [2.75, 3.05) is 7.11 Å².